The number of hydrogen-bond donors (Lipinski definition) is 0. The molecule has 1 aliphatic rings. The lowest BCUT2D eigenvalue weighted by Gasteiger charge is -2.20. The average Bonchev–Trinajstić information content (AvgIpc) is 2.99. The molecule has 0 saturated heterocycles. The van der Waals surface area contributed by atoms with Gasteiger partial charge in [-0.25, -0.2) is 0 Å². The van der Waals surface area contributed by atoms with Crippen LogP contribution in [0, 0.1) is 5.92 Å². The van der Waals surface area contributed by atoms with Crippen molar-refractivity contribution in [1.82, 2.24) is 9.97 Å². The maximum Gasteiger partial charge on any atom is 0.0650 e. The van der Waals surface area contributed by atoms with Gasteiger partial charge in [-0.1, -0.05) is 20.3 Å². The van der Waals surface area contributed by atoms with Crippen LogP contribution >= 0.6 is 0 Å². The topological polar surface area (TPSA) is 25.8 Å². The smallest absolute Gasteiger partial charge is 0.0650 e. The molecule has 0 radical (unpaired) electrons. The number of hydrogen-bond acceptors (Lipinski definition) is 2. The molecule has 0 bridgehead atoms. The highest BCUT2D eigenvalue weighted by atomic mass is 14.8. The van der Waals surface area contributed by atoms with E-state index in [0.717, 1.165) is 5.92 Å². The first-order valence-electron chi connectivity index (χ1n) is 5.06. The van der Waals surface area contributed by atoms with Gasteiger partial charge in [0.05, 0.1) is 5.69 Å². The molecular weight excluding hydrogens is 160 g/mol. The Hall–Kier alpha value is -0.920. The van der Waals surface area contributed by atoms with Crippen molar-refractivity contribution in [2.24, 2.45) is 5.92 Å². The van der Waals surface area contributed by atoms with Crippen molar-refractivity contribution in [2.45, 2.75) is 38.5 Å². The molecule has 1 fully saturated rings. The molecule has 0 spiro atoms. The highest BCUT2D eigenvalue weighted by molar-refractivity contribution is 5.23. The second kappa shape index (κ2) is 3.09. The summed E-state index contributed by atoms with van der Waals surface area (Å²) in [4.78, 5) is 8.56. The summed E-state index contributed by atoms with van der Waals surface area (Å²) in [5.41, 5.74) is 1.58. The van der Waals surface area contributed by atoms with Crippen LogP contribution < -0.4 is 0 Å². The third-order valence-corrected chi connectivity index (χ3v) is 3.42. The molecular formula is C11H16N2. The Morgan fingerprint density at radius 1 is 1.46 bits per heavy atom. The number of aromatic nitrogens is 2. The molecule has 1 saturated carbocycles. The Labute approximate surface area is 79.4 Å². The molecule has 1 aromatic rings. The molecule has 2 nitrogen and oxygen atoms in total. The van der Waals surface area contributed by atoms with Crippen LogP contribution in [0.2, 0.25) is 0 Å². The van der Waals surface area contributed by atoms with Crippen molar-refractivity contribution in [2.75, 3.05) is 0 Å². The third kappa shape index (κ3) is 1.34. The quantitative estimate of drug-likeness (QED) is 0.707. The van der Waals surface area contributed by atoms with Gasteiger partial charge in [-0.3, -0.25) is 9.97 Å². The van der Waals surface area contributed by atoms with Gasteiger partial charge in [0.2, 0.25) is 0 Å². The standard InChI is InChI=1S/C11H16N2/c1-3-9(2)11(4-5-11)10-8-12-6-7-13-10/h6-9H,3-5H2,1-2H3. The fourth-order valence-corrected chi connectivity index (χ4v) is 2.08. The first kappa shape index (κ1) is 8.67. The zero-order valence-corrected chi connectivity index (χ0v) is 8.33. The van der Waals surface area contributed by atoms with Crippen LogP contribution in [0.3, 0.4) is 0 Å². The lowest BCUT2D eigenvalue weighted by atomic mass is 9.86. The Balaban J connectivity index is 2.26. The fraction of sp³-hybridized carbons (Fsp3) is 0.636. The van der Waals surface area contributed by atoms with Crippen LogP contribution in [0.5, 0.6) is 0 Å². The molecule has 1 atom stereocenters. The molecule has 0 aromatic carbocycles. The molecule has 1 unspecified atom stereocenters. The first-order valence-corrected chi connectivity index (χ1v) is 5.06. The second-order valence-corrected chi connectivity index (χ2v) is 4.06. The Kier molecular flexibility index (Phi) is 2.06. The van der Waals surface area contributed by atoms with Gasteiger partial charge in [-0.15, -0.1) is 0 Å². The molecule has 1 heterocycles. The van der Waals surface area contributed by atoms with Gasteiger partial charge >= 0.3 is 0 Å². The van der Waals surface area contributed by atoms with Gasteiger partial charge in [0, 0.05) is 24.0 Å². The minimum absolute atomic E-state index is 0.378. The van der Waals surface area contributed by atoms with E-state index in [2.05, 4.69) is 23.8 Å². The zero-order valence-electron chi connectivity index (χ0n) is 8.33. The van der Waals surface area contributed by atoms with Crippen molar-refractivity contribution in [3.05, 3.63) is 24.3 Å². The van der Waals surface area contributed by atoms with Gasteiger partial charge < -0.3 is 0 Å². The lowest BCUT2D eigenvalue weighted by molar-refractivity contribution is 0.417. The van der Waals surface area contributed by atoms with Crippen LogP contribution in [0.4, 0.5) is 0 Å². The molecule has 0 amide bonds. The molecule has 1 aliphatic carbocycles. The van der Waals surface area contributed by atoms with E-state index in [4.69, 9.17) is 0 Å². The van der Waals surface area contributed by atoms with Crippen molar-refractivity contribution in [3.63, 3.8) is 0 Å². The highest BCUT2D eigenvalue weighted by Gasteiger charge is 2.49. The van der Waals surface area contributed by atoms with E-state index in [1.54, 1.807) is 12.4 Å². The summed E-state index contributed by atoms with van der Waals surface area (Å²) < 4.78 is 0. The van der Waals surface area contributed by atoms with Crippen LogP contribution in [-0.2, 0) is 5.41 Å². The van der Waals surface area contributed by atoms with E-state index in [1.165, 1.54) is 25.0 Å². The predicted molar refractivity (Wildman–Crippen MR) is 52.4 cm³/mol. The summed E-state index contributed by atoms with van der Waals surface area (Å²) >= 11 is 0. The number of rotatable bonds is 3. The fourth-order valence-electron chi connectivity index (χ4n) is 2.08. The third-order valence-electron chi connectivity index (χ3n) is 3.42. The zero-order chi connectivity index (χ0) is 9.31. The van der Waals surface area contributed by atoms with Crippen molar-refractivity contribution in [1.29, 1.82) is 0 Å². The molecule has 0 N–H and O–H groups in total. The van der Waals surface area contributed by atoms with Crippen molar-refractivity contribution in [3.8, 4) is 0 Å². The van der Waals surface area contributed by atoms with E-state index < -0.39 is 0 Å². The summed E-state index contributed by atoms with van der Waals surface area (Å²) in [5.74, 6) is 0.740. The minimum atomic E-state index is 0.378. The monoisotopic (exact) mass is 176 g/mol. The maximum absolute atomic E-state index is 4.42. The van der Waals surface area contributed by atoms with Gasteiger partial charge in [0.25, 0.3) is 0 Å². The summed E-state index contributed by atoms with van der Waals surface area (Å²) in [5, 5.41) is 0. The molecule has 0 aliphatic heterocycles. The van der Waals surface area contributed by atoms with Crippen LogP contribution in [0.15, 0.2) is 18.6 Å². The normalized spacial score (nSPS) is 21.1. The van der Waals surface area contributed by atoms with Crippen LogP contribution in [-0.4, -0.2) is 9.97 Å². The lowest BCUT2D eigenvalue weighted by Crippen LogP contribution is -2.18. The van der Waals surface area contributed by atoms with Crippen LogP contribution in [0.1, 0.15) is 38.8 Å². The maximum atomic E-state index is 4.42. The molecule has 13 heavy (non-hydrogen) atoms. The molecule has 2 rings (SSSR count). The number of nitrogens with zero attached hydrogens (tertiary/aromatic N) is 2. The largest absolute Gasteiger partial charge is 0.261 e. The van der Waals surface area contributed by atoms with Gasteiger partial charge in [-0.05, 0) is 18.8 Å². The van der Waals surface area contributed by atoms with E-state index >= 15 is 0 Å². The summed E-state index contributed by atoms with van der Waals surface area (Å²) in [6.07, 6.45) is 9.30. The Bertz CT molecular complexity index is 277. The van der Waals surface area contributed by atoms with Gasteiger partial charge in [0.1, 0.15) is 0 Å². The van der Waals surface area contributed by atoms with Crippen molar-refractivity contribution < 1.29 is 0 Å². The minimum Gasteiger partial charge on any atom is -0.261 e. The second-order valence-electron chi connectivity index (χ2n) is 4.06. The van der Waals surface area contributed by atoms with Crippen molar-refractivity contribution >= 4 is 0 Å². The predicted octanol–water partition coefficient (Wildman–Crippen LogP) is 2.55. The molecule has 70 valence electrons. The van der Waals surface area contributed by atoms with Gasteiger partial charge in [0.15, 0.2) is 0 Å². The summed E-state index contributed by atoms with van der Waals surface area (Å²) in [6, 6.07) is 0. The highest BCUT2D eigenvalue weighted by Crippen LogP contribution is 2.53. The van der Waals surface area contributed by atoms with E-state index in [9.17, 15) is 0 Å². The summed E-state index contributed by atoms with van der Waals surface area (Å²) in [6.45, 7) is 4.57. The SMILES string of the molecule is CCC(C)C1(c2cnccn2)CC1. The molecule has 1 aromatic heterocycles. The van der Waals surface area contributed by atoms with E-state index in [-0.39, 0.29) is 0 Å². The Morgan fingerprint density at radius 3 is 2.69 bits per heavy atom. The van der Waals surface area contributed by atoms with E-state index in [1.807, 2.05) is 6.20 Å². The Morgan fingerprint density at radius 2 is 2.23 bits per heavy atom. The van der Waals surface area contributed by atoms with Gasteiger partial charge in [-0.2, -0.15) is 0 Å². The molecule has 2 heteroatoms. The summed E-state index contributed by atoms with van der Waals surface area (Å²) in [7, 11) is 0. The first-order chi connectivity index (χ1) is 6.29. The van der Waals surface area contributed by atoms with Crippen LogP contribution in [0.25, 0.3) is 0 Å². The van der Waals surface area contributed by atoms with E-state index in [0.29, 0.717) is 5.41 Å². The average molecular weight is 176 g/mol.